The van der Waals surface area contributed by atoms with Crippen LogP contribution >= 0.6 is 0 Å². The second-order valence-electron chi connectivity index (χ2n) is 8.42. The van der Waals surface area contributed by atoms with Gasteiger partial charge < -0.3 is 10.2 Å². The van der Waals surface area contributed by atoms with Crippen molar-refractivity contribution in [3.63, 3.8) is 0 Å². The van der Waals surface area contributed by atoms with Crippen molar-refractivity contribution in [2.45, 2.75) is 57.3 Å². The first-order valence-corrected chi connectivity index (χ1v) is 12.5. The highest BCUT2D eigenvalue weighted by Gasteiger charge is 2.32. The van der Waals surface area contributed by atoms with Crippen LogP contribution in [0.1, 0.15) is 56.6 Å². The first-order valence-electron chi connectivity index (χ1n) is 11.0. The van der Waals surface area contributed by atoms with Gasteiger partial charge in [0.1, 0.15) is 4.90 Å². The molecule has 0 atom stereocenters. The molecule has 1 amide bonds. The largest absolute Gasteiger partial charge is 0.326 e. The van der Waals surface area contributed by atoms with Crippen LogP contribution in [0.15, 0.2) is 51.8 Å². The molecule has 2 aromatic carbocycles. The summed E-state index contributed by atoms with van der Waals surface area (Å²) in [6.45, 7) is 4.75. The number of rotatable bonds is 6. The Balaban J connectivity index is 1.72. The maximum Gasteiger partial charge on any atom is 0.286 e. The van der Waals surface area contributed by atoms with E-state index in [2.05, 4.69) is 16.6 Å². The lowest BCUT2D eigenvalue weighted by Crippen LogP contribution is -2.37. The van der Waals surface area contributed by atoms with Gasteiger partial charge in [-0.25, -0.2) is 0 Å². The number of aryl methyl sites for hydroxylation is 1. The van der Waals surface area contributed by atoms with E-state index in [1.807, 2.05) is 36.1 Å². The summed E-state index contributed by atoms with van der Waals surface area (Å²) in [5, 5.41) is 2.91. The molecule has 0 radical (unpaired) electrons. The molecule has 0 aromatic heterocycles. The second kappa shape index (κ2) is 8.83. The third-order valence-electron chi connectivity index (χ3n) is 6.00. The molecule has 2 aromatic rings. The van der Waals surface area contributed by atoms with Gasteiger partial charge in [-0.2, -0.15) is 8.42 Å². The summed E-state index contributed by atoms with van der Waals surface area (Å²) >= 11 is 0. The Morgan fingerprint density at radius 1 is 1.16 bits per heavy atom. The van der Waals surface area contributed by atoms with Crippen molar-refractivity contribution in [3.8, 4) is 0 Å². The number of nitrogens with one attached hydrogen (secondary N) is 1. The molecule has 7 heteroatoms. The minimum atomic E-state index is -3.89. The van der Waals surface area contributed by atoms with Gasteiger partial charge in [0, 0.05) is 23.7 Å². The van der Waals surface area contributed by atoms with Crippen LogP contribution in [0.5, 0.6) is 0 Å². The maximum atomic E-state index is 13.1. The summed E-state index contributed by atoms with van der Waals surface area (Å²) in [6.07, 6.45) is 5.81. The van der Waals surface area contributed by atoms with Gasteiger partial charge in [0.15, 0.2) is 5.84 Å². The highest BCUT2D eigenvalue weighted by Crippen LogP contribution is 2.36. The number of amides is 1. The Labute approximate surface area is 184 Å². The normalized spacial score (nSPS) is 17.9. The molecule has 164 valence electrons. The summed E-state index contributed by atoms with van der Waals surface area (Å²) < 4.78 is 30.5. The molecule has 1 aliphatic carbocycles. The molecule has 2 aliphatic rings. The number of unbranched alkanes of at least 4 members (excludes halogenated alkanes) is 1. The van der Waals surface area contributed by atoms with Crippen molar-refractivity contribution in [1.29, 1.82) is 0 Å². The molecule has 1 aliphatic heterocycles. The fourth-order valence-electron chi connectivity index (χ4n) is 4.32. The molecule has 0 saturated heterocycles. The third-order valence-corrected chi connectivity index (χ3v) is 7.29. The van der Waals surface area contributed by atoms with Gasteiger partial charge in [0.2, 0.25) is 5.91 Å². The zero-order valence-electron chi connectivity index (χ0n) is 18.1. The van der Waals surface area contributed by atoms with E-state index >= 15 is 0 Å². The first-order chi connectivity index (χ1) is 14.9. The number of nitrogens with zero attached hydrogens (tertiary/aromatic N) is 2. The number of carbonyl (C=O) groups is 1. The SMILES string of the molecule is CCCCN1C(c2cccc(C)c2)=NS(=O)(=O)c2cc(NC(=O)C3CCCC3)ccc21. The molecule has 0 unspecified atom stereocenters. The summed E-state index contributed by atoms with van der Waals surface area (Å²) in [5.74, 6) is 0.435. The molecule has 1 fully saturated rings. The highest BCUT2D eigenvalue weighted by molar-refractivity contribution is 7.90. The van der Waals surface area contributed by atoms with E-state index in [0.717, 1.165) is 49.7 Å². The van der Waals surface area contributed by atoms with Crippen LogP contribution in [0.3, 0.4) is 0 Å². The Hall–Kier alpha value is -2.67. The number of anilines is 2. The number of fused-ring (bicyclic) bond motifs is 1. The molecule has 1 heterocycles. The van der Waals surface area contributed by atoms with Gasteiger partial charge >= 0.3 is 0 Å². The predicted octanol–water partition coefficient (Wildman–Crippen LogP) is 4.88. The van der Waals surface area contributed by atoms with Crippen molar-refractivity contribution in [1.82, 2.24) is 0 Å². The van der Waals surface area contributed by atoms with Crippen molar-refractivity contribution in [2.75, 3.05) is 16.8 Å². The van der Waals surface area contributed by atoms with E-state index in [1.165, 1.54) is 0 Å². The number of amidine groups is 1. The van der Waals surface area contributed by atoms with Crippen LogP contribution in [0, 0.1) is 12.8 Å². The molecule has 1 saturated carbocycles. The van der Waals surface area contributed by atoms with Gasteiger partial charge in [-0.05, 0) is 50.5 Å². The fraction of sp³-hybridized carbons (Fsp3) is 0.417. The Morgan fingerprint density at radius 3 is 2.65 bits per heavy atom. The van der Waals surface area contributed by atoms with Crippen molar-refractivity contribution in [2.24, 2.45) is 10.3 Å². The van der Waals surface area contributed by atoms with Crippen molar-refractivity contribution in [3.05, 3.63) is 53.6 Å². The zero-order chi connectivity index (χ0) is 22.0. The summed E-state index contributed by atoms with van der Waals surface area (Å²) in [5.41, 5.74) is 2.94. The van der Waals surface area contributed by atoms with Crippen molar-refractivity contribution < 1.29 is 13.2 Å². The molecular formula is C24H29N3O3S. The Morgan fingerprint density at radius 2 is 1.94 bits per heavy atom. The lowest BCUT2D eigenvalue weighted by atomic mass is 10.1. The number of hydrogen-bond donors (Lipinski definition) is 1. The summed E-state index contributed by atoms with van der Waals surface area (Å²) in [7, 11) is -3.89. The molecule has 31 heavy (non-hydrogen) atoms. The molecule has 4 rings (SSSR count). The molecule has 6 nitrogen and oxygen atoms in total. The topological polar surface area (TPSA) is 78.8 Å². The van der Waals surface area contributed by atoms with Crippen molar-refractivity contribution >= 4 is 33.1 Å². The average molecular weight is 440 g/mol. The van der Waals surface area contributed by atoms with Crippen LogP contribution < -0.4 is 10.2 Å². The lowest BCUT2D eigenvalue weighted by Gasteiger charge is -2.31. The van der Waals surface area contributed by atoms with E-state index in [-0.39, 0.29) is 16.7 Å². The number of carbonyl (C=O) groups excluding carboxylic acids is 1. The average Bonchev–Trinajstić information content (AvgIpc) is 3.28. The quantitative estimate of drug-likeness (QED) is 0.696. The standard InChI is InChI=1S/C24H29N3O3S/c1-3-4-14-27-21-13-12-20(25-24(28)18-9-5-6-10-18)16-22(21)31(29,30)26-23(27)19-11-7-8-17(2)15-19/h7-8,11-13,15-16,18H,3-6,9-10,14H2,1-2H3,(H,25,28). The maximum absolute atomic E-state index is 13.1. The van der Waals surface area contributed by atoms with Gasteiger partial charge in [-0.15, -0.1) is 4.40 Å². The van der Waals surface area contributed by atoms with Crippen LogP contribution in [0.25, 0.3) is 0 Å². The molecule has 0 bridgehead atoms. The second-order valence-corrected chi connectivity index (χ2v) is 9.99. The van der Waals surface area contributed by atoms with Crippen LogP contribution in [-0.2, 0) is 14.8 Å². The molecular weight excluding hydrogens is 410 g/mol. The highest BCUT2D eigenvalue weighted by atomic mass is 32.2. The Bertz CT molecular complexity index is 1120. The van der Waals surface area contributed by atoms with E-state index < -0.39 is 10.0 Å². The minimum Gasteiger partial charge on any atom is -0.326 e. The van der Waals surface area contributed by atoms with Gasteiger partial charge in [0.25, 0.3) is 10.0 Å². The van der Waals surface area contributed by atoms with Gasteiger partial charge in [0.05, 0.1) is 5.69 Å². The lowest BCUT2D eigenvalue weighted by molar-refractivity contribution is -0.119. The fourth-order valence-corrected chi connectivity index (χ4v) is 5.56. The van der Waals surface area contributed by atoms with Crippen LogP contribution in [-0.4, -0.2) is 26.7 Å². The Kier molecular flexibility index (Phi) is 6.14. The number of benzene rings is 2. The monoisotopic (exact) mass is 439 g/mol. The molecule has 0 spiro atoms. The zero-order valence-corrected chi connectivity index (χ0v) is 18.9. The molecule has 1 N–H and O–H groups in total. The van der Waals surface area contributed by atoms with E-state index in [9.17, 15) is 13.2 Å². The van der Waals surface area contributed by atoms with E-state index in [4.69, 9.17) is 0 Å². The third kappa shape index (κ3) is 4.51. The van der Waals surface area contributed by atoms with Gasteiger partial charge in [-0.3, -0.25) is 4.79 Å². The van der Waals surface area contributed by atoms with E-state index in [1.54, 1.807) is 18.2 Å². The van der Waals surface area contributed by atoms with Crippen LogP contribution in [0.4, 0.5) is 11.4 Å². The van der Waals surface area contributed by atoms with E-state index in [0.29, 0.717) is 23.8 Å². The van der Waals surface area contributed by atoms with Gasteiger partial charge in [-0.1, -0.05) is 49.9 Å². The van der Waals surface area contributed by atoms with Crippen LogP contribution in [0.2, 0.25) is 0 Å². The number of sulfonamides is 1. The summed E-state index contributed by atoms with van der Waals surface area (Å²) in [4.78, 5) is 14.6. The first kappa shape index (κ1) is 21.6. The smallest absolute Gasteiger partial charge is 0.286 e. The predicted molar refractivity (Wildman–Crippen MR) is 124 cm³/mol. The summed E-state index contributed by atoms with van der Waals surface area (Å²) in [6, 6.07) is 12.9. The minimum absolute atomic E-state index is 0.0136. The number of hydrogen-bond acceptors (Lipinski definition) is 4.